The SMILES string of the molecule is O=S(=O)(NC(CO)c1ccc(Cl)cc1)c1ccc(F)c(F)c1. The van der Waals surface area contributed by atoms with Crippen molar-refractivity contribution in [2.45, 2.75) is 10.9 Å². The summed E-state index contributed by atoms with van der Waals surface area (Å²) < 4.78 is 52.6. The molecule has 1 atom stereocenters. The van der Waals surface area contributed by atoms with E-state index in [9.17, 15) is 22.3 Å². The molecule has 0 spiro atoms. The molecule has 22 heavy (non-hydrogen) atoms. The van der Waals surface area contributed by atoms with Gasteiger partial charge in [-0.25, -0.2) is 21.9 Å². The number of nitrogens with one attached hydrogen (secondary N) is 1. The van der Waals surface area contributed by atoms with Crippen LogP contribution in [-0.2, 0) is 10.0 Å². The van der Waals surface area contributed by atoms with Crippen LogP contribution in [0, 0.1) is 11.6 Å². The second kappa shape index (κ2) is 6.70. The van der Waals surface area contributed by atoms with Gasteiger partial charge in [-0.3, -0.25) is 0 Å². The first kappa shape index (κ1) is 16.8. The molecule has 0 aliphatic heterocycles. The highest BCUT2D eigenvalue weighted by atomic mass is 35.5. The Hall–Kier alpha value is -1.54. The van der Waals surface area contributed by atoms with E-state index in [-0.39, 0.29) is 0 Å². The second-order valence-electron chi connectivity index (χ2n) is 4.48. The Morgan fingerprint density at radius 3 is 2.27 bits per heavy atom. The molecule has 0 saturated carbocycles. The van der Waals surface area contributed by atoms with Crippen LogP contribution in [0.4, 0.5) is 8.78 Å². The molecule has 0 aromatic heterocycles. The summed E-state index contributed by atoms with van der Waals surface area (Å²) in [5.41, 5.74) is 0.484. The van der Waals surface area contributed by atoms with E-state index >= 15 is 0 Å². The van der Waals surface area contributed by atoms with E-state index in [1.807, 2.05) is 0 Å². The normalized spacial score (nSPS) is 13.1. The van der Waals surface area contributed by atoms with Crippen LogP contribution >= 0.6 is 11.6 Å². The Balaban J connectivity index is 2.29. The van der Waals surface area contributed by atoms with Crippen molar-refractivity contribution >= 4 is 21.6 Å². The average Bonchev–Trinajstić information content (AvgIpc) is 2.48. The number of benzene rings is 2. The van der Waals surface area contributed by atoms with Gasteiger partial charge in [0.1, 0.15) is 0 Å². The Labute approximate surface area is 131 Å². The van der Waals surface area contributed by atoms with Crippen molar-refractivity contribution in [3.8, 4) is 0 Å². The van der Waals surface area contributed by atoms with Crippen LogP contribution in [-0.4, -0.2) is 20.1 Å². The van der Waals surface area contributed by atoms with Crippen LogP contribution in [0.1, 0.15) is 11.6 Å². The van der Waals surface area contributed by atoms with Gasteiger partial charge in [-0.15, -0.1) is 0 Å². The van der Waals surface area contributed by atoms with Crippen LogP contribution in [0.5, 0.6) is 0 Å². The summed E-state index contributed by atoms with van der Waals surface area (Å²) >= 11 is 5.74. The van der Waals surface area contributed by atoms with Crippen molar-refractivity contribution in [3.05, 3.63) is 64.7 Å². The van der Waals surface area contributed by atoms with Crippen molar-refractivity contribution in [1.29, 1.82) is 0 Å². The lowest BCUT2D eigenvalue weighted by molar-refractivity contribution is 0.259. The molecule has 0 fully saturated rings. The molecule has 2 N–H and O–H groups in total. The predicted molar refractivity (Wildman–Crippen MR) is 78.0 cm³/mol. The van der Waals surface area contributed by atoms with Gasteiger partial charge in [-0.2, -0.15) is 0 Å². The van der Waals surface area contributed by atoms with Crippen molar-refractivity contribution in [1.82, 2.24) is 4.72 Å². The molecule has 0 radical (unpaired) electrons. The first-order valence-corrected chi connectivity index (χ1v) is 8.03. The zero-order chi connectivity index (χ0) is 16.3. The van der Waals surface area contributed by atoms with E-state index in [2.05, 4.69) is 4.72 Å². The Bertz CT molecular complexity index is 766. The molecule has 0 amide bonds. The van der Waals surface area contributed by atoms with Gasteiger partial charge in [0.25, 0.3) is 0 Å². The van der Waals surface area contributed by atoms with E-state index in [1.165, 1.54) is 0 Å². The molecule has 0 aliphatic carbocycles. The fourth-order valence-electron chi connectivity index (χ4n) is 1.81. The summed E-state index contributed by atoms with van der Waals surface area (Å²) in [6.45, 7) is -0.509. The second-order valence-corrected chi connectivity index (χ2v) is 6.63. The van der Waals surface area contributed by atoms with Gasteiger partial charge in [-0.1, -0.05) is 23.7 Å². The van der Waals surface area contributed by atoms with Crippen LogP contribution in [0.25, 0.3) is 0 Å². The Morgan fingerprint density at radius 1 is 1.09 bits per heavy atom. The predicted octanol–water partition coefficient (Wildman–Crippen LogP) is 2.63. The number of sulfonamides is 1. The molecule has 2 aromatic carbocycles. The molecule has 0 aliphatic rings. The molecule has 2 rings (SSSR count). The van der Waals surface area contributed by atoms with Crippen molar-refractivity contribution in [2.24, 2.45) is 0 Å². The monoisotopic (exact) mass is 347 g/mol. The molecule has 4 nitrogen and oxygen atoms in total. The first-order chi connectivity index (χ1) is 10.3. The summed E-state index contributed by atoms with van der Waals surface area (Å²) in [5, 5.41) is 9.83. The first-order valence-electron chi connectivity index (χ1n) is 6.17. The standard InChI is InChI=1S/C14H12ClF2NO3S/c15-10-3-1-9(2-4-10)14(8-19)18-22(20,21)11-5-6-12(16)13(17)7-11/h1-7,14,18-19H,8H2. The van der Waals surface area contributed by atoms with Crippen LogP contribution in [0.2, 0.25) is 5.02 Å². The topological polar surface area (TPSA) is 66.4 Å². The fourth-order valence-corrected chi connectivity index (χ4v) is 3.16. The summed E-state index contributed by atoms with van der Waals surface area (Å²) in [7, 11) is -4.12. The highest BCUT2D eigenvalue weighted by Gasteiger charge is 2.22. The number of halogens is 3. The molecule has 0 saturated heterocycles. The van der Waals surface area contributed by atoms with Gasteiger partial charge in [0, 0.05) is 5.02 Å². The lowest BCUT2D eigenvalue weighted by Gasteiger charge is -2.17. The smallest absolute Gasteiger partial charge is 0.241 e. The van der Waals surface area contributed by atoms with E-state index in [0.717, 1.165) is 12.1 Å². The van der Waals surface area contributed by atoms with Gasteiger partial charge in [0.05, 0.1) is 17.5 Å². The number of hydrogen-bond donors (Lipinski definition) is 2. The third-order valence-electron chi connectivity index (χ3n) is 2.95. The molecular weight excluding hydrogens is 336 g/mol. The quantitative estimate of drug-likeness (QED) is 0.873. The van der Waals surface area contributed by atoms with Crippen LogP contribution in [0.15, 0.2) is 47.4 Å². The number of rotatable bonds is 5. The van der Waals surface area contributed by atoms with E-state index < -0.39 is 39.2 Å². The zero-order valence-corrected chi connectivity index (χ0v) is 12.7. The molecule has 2 aromatic rings. The molecule has 0 bridgehead atoms. The van der Waals surface area contributed by atoms with Crippen LogP contribution < -0.4 is 4.72 Å². The van der Waals surface area contributed by atoms with Gasteiger partial charge < -0.3 is 5.11 Å². The van der Waals surface area contributed by atoms with E-state index in [0.29, 0.717) is 16.7 Å². The molecule has 118 valence electrons. The minimum atomic E-state index is -4.12. The minimum absolute atomic E-state index is 0.432. The summed E-state index contributed by atoms with van der Waals surface area (Å²) in [6, 6.07) is 7.51. The highest BCUT2D eigenvalue weighted by molar-refractivity contribution is 7.89. The summed E-state index contributed by atoms with van der Waals surface area (Å²) in [6.07, 6.45) is 0. The minimum Gasteiger partial charge on any atom is -0.394 e. The van der Waals surface area contributed by atoms with E-state index in [4.69, 9.17) is 11.6 Å². The Kier molecular flexibility index (Phi) is 5.12. The fraction of sp³-hybridized carbons (Fsp3) is 0.143. The van der Waals surface area contributed by atoms with Gasteiger partial charge in [0.2, 0.25) is 10.0 Å². The third kappa shape index (κ3) is 3.80. The van der Waals surface area contributed by atoms with E-state index in [1.54, 1.807) is 24.3 Å². The molecule has 8 heteroatoms. The average molecular weight is 348 g/mol. The van der Waals surface area contributed by atoms with Crippen molar-refractivity contribution in [2.75, 3.05) is 6.61 Å². The number of aliphatic hydroxyl groups is 1. The zero-order valence-electron chi connectivity index (χ0n) is 11.1. The van der Waals surface area contributed by atoms with Crippen molar-refractivity contribution in [3.63, 3.8) is 0 Å². The third-order valence-corrected chi connectivity index (χ3v) is 4.68. The maximum Gasteiger partial charge on any atom is 0.241 e. The molecular formula is C14H12ClF2NO3S. The molecule has 0 heterocycles. The summed E-state index contributed by atoms with van der Waals surface area (Å²) in [4.78, 5) is -0.432. The van der Waals surface area contributed by atoms with Gasteiger partial charge in [-0.05, 0) is 35.9 Å². The lowest BCUT2D eigenvalue weighted by atomic mass is 10.1. The maximum absolute atomic E-state index is 13.2. The largest absolute Gasteiger partial charge is 0.394 e. The Morgan fingerprint density at radius 2 is 1.73 bits per heavy atom. The molecule has 1 unspecified atom stereocenters. The maximum atomic E-state index is 13.2. The highest BCUT2D eigenvalue weighted by Crippen LogP contribution is 2.20. The summed E-state index contributed by atoms with van der Waals surface area (Å²) in [5.74, 6) is -2.41. The number of aliphatic hydroxyl groups excluding tert-OH is 1. The van der Waals surface area contributed by atoms with Crippen LogP contribution in [0.3, 0.4) is 0 Å². The van der Waals surface area contributed by atoms with Crippen molar-refractivity contribution < 1.29 is 22.3 Å². The number of hydrogen-bond acceptors (Lipinski definition) is 3. The van der Waals surface area contributed by atoms with Gasteiger partial charge >= 0.3 is 0 Å². The van der Waals surface area contributed by atoms with Gasteiger partial charge in [0.15, 0.2) is 11.6 Å². The lowest BCUT2D eigenvalue weighted by Crippen LogP contribution is -2.31.